The highest BCUT2D eigenvalue weighted by molar-refractivity contribution is 6.13. The number of carbonyl (C=O) groups excluding carboxylic acids is 4. The number of ether oxygens (including phenoxy) is 1. The van der Waals surface area contributed by atoms with Crippen molar-refractivity contribution in [2.75, 3.05) is 32.8 Å². The zero-order valence-corrected chi connectivity index (χ0v) is 22.9. The van der Waals surface area contributed by atoms with Gasteiger partial charge >= 0.3 is 0 Å². The van der Waals surface area contributed by atoms with E-state index in [1.807, 2.05) is 0 Å². The fraction of sp³-hybridized carbons (Fsp3) is 0.724. The van der Waals surface area contributed by atoms with E-state index in [0.29, 0.717) is 32.7 Å². The molecule has 0 saturated heterocycles. The maximum atomic E-state index is 11.9. The third-order valence-electron chi connectivity index (χ3n) is 6.27. The van der Waals surface area contributed by atoms with E-state index in [1.165, 1.54) is 82.8 Å². The molecule has 0 saturated carbocycles. The Labute approximate surface area is 223 Å². The lowest BCUT2D eigenvalue weighted by Gasteiger charge is -2.13. The molecular weight excluding hydrogens is 470 g/mol. The summed E-state index contributed by atoms with van der Waals surface area (Å²) in [7, 11) is 0. The first-order valence-electron chi connectivity index (χ1n) is 14.3. The number of nitrogens with one attached hydrogen (secondary N) is 2. The number of hydrogen-bond acceptors (Lipinski definition) is 5. The molecule has 8 nitrogen and oxygen atoms in total. The second kappa shape index (κ2) is 22.7. The minimum Gasteiger partial charge on any atom is -0.378 e. The van der Waals surface area contributed by atoms with Gasteiger partial charge in [0, 0.05) is 44.6 Å². The molecule has 1 aliphatic rings. The number of amides is 4. The van der Waals surface area contributed by atoms with Gasteiger partial charge in [-0.25, -0.2) is 0 Å². The highest BCUT2D eigenvalue weighted by atomic mass is 16.5. The van der Waals surface area contributed by atoms with E-state index in [9.17, 15) is 19.2 Å². The molecule has 0 spiro atoms. The van der Waals surface area contributed by atoms with Crippen LogP contribution in [0.2, 0.25) is 0 Å². The van der Waals surface area contributed by atoms with Crippen LogP contribution in [-0.4, -0.2) is 61.4 Å². The number of unbranched alkanes of at least 4 members (excludes halogenated alkanes) is 11. The van der Waals surface area contributed by atoms with Crippen LogP contribution in [0.25, 0.3) is 0 Å². The standard InChI is InChI=1S/C29H49N3O5/c1-2-3-4-5-6-7-8-9-10-11-12-13-14-15-16-17-26(33)30-21-24-37-25-22-31-27(34)20-23-32-28(35)18-19-29(32)36/h9-10,18-19H,2-8,11-17,20-25H2,1H3,(H,30,33)(H,31,34)/b10-9-. The Balaban J connectivity index is 1.81. The van der Waals surface area contributed by atoms with Crippen molar-refractivity contribution in [2.24, 2.45) is 0 Å². The predicted molar refractivity (Wildman–Crippen MR) is 147 cm³/mol. The molecule has 1 rings (SSSR count). The average Bonchev–Trinajstić information content (AvgIpc) is 3.21. The second-order valence-corrected chi connectivity index (χ2v) is 9.56. The molecule has 0 bridgehead atoms. The molecular formula is C29H49N3O5. The topological polar surface area (TPSA) is 105 Å². The van der Waals surface area contributed by atoms with Crippen LogP contribution in [0.5, 0.6) is 0 Å². The van der Waals surface area contributed by atoms with Crippen molar-refractivity contribution in [1.82, 2.24) is 15.5 Å². The number of rotatable bonds is 24. The minimum atomic E-state index is -0.388. The second-order valence-electron chi connectivity index (χ2n) is 9.56. The molecule has 0 atom stereocenters. The van der Waals surface area contributed by atoms with Crippen LogP contribution < -0.4 is 10.6 Å². The van der Waals surface area contributed by atoms with Gasteiger partial charge in [0.25, 0.3) is 11.8 Å². The molecule has 0 radical (unpaired) electrons. The Morgan fingerprint density at radius 1 is 0.730 bits per heavy atom. The zero-order chi connectivity index (χ0) is 27.0. The van der Waals surface area contributed by atoms with Crippen LogP contribution in [0.1, 0.15) is 103 Å². The molecule has 0 aliphatic carbocycles. The summed E-state index contributed by atoms with van der Waals surface area (Å²) in [5, 5.41) is 5.54. The van der Waals surface area contributed by atoms with E-state index in [1.54, 1.807) is 0 Å². The van der Waals surface area contributed by atoms with Crippen LogP contribution in [0.4, 0.5) is 0 Å². The Bertz CT molecular complexity index is 702. The predicted octanol–water partition coefficient (Wildman–Crippen LogP) is 4.59. The zero-order valence-electron chi connectivity index (χ0n) is 22.9. The van der Waals surface area contributed by atoms with Crippen molar-refractivity contribution >= 4 is 23.6 Å². The summed E-state index contributed by atoms with van der Waals surface area (Å²) in [6.07, 6.45) is 23.8. The molecule has 4 amide bonds. The summed E-state index contributed by atoms with van der Waals surface area (Å²) >= 11 is 0. The van der Waals surface area contributed by atoms with Gasteiger partial charge < -0.3 is 15.4 Å². The number of imide groups is 1. The van der Waals surface area contributed by atoms with Crippen LogP contribution in [0, 0.1) is 0 Å². The third kappa shape index (κ3) is 18.4. The van der Waals surface area contributed by atoms with Crippen LogP contribution in [0.3, 0.4) is 0 Å². The van der Waals surface area contributed by atoms with E-state index < -0.39 is 0 Å². The summed E-state index contributed by atoms with van der Waals surface area (Å²) in [6.45, 7) is 3.82. The Kier molecular flexibility index (Phi) is 20.0. The van der Waals surface area contributed by atoms with Crippen molar-refractivity contribution in [1.29, 1.82) is 0 Å². The quantitative estimate of drug-likeness (QED) is 0.110. The van der Waals surface area contributed by atoms with E-state index in [2.05, 4.69) is 29.7 Å². The van der Waals surface area contributed by atoms with E-state index in [0.717, 1.165) is 17.7 Å². The molecule has 1 heterocycles. The van der Waals surface area contributed by atoms with E-state index in [4.69, 9.17) is 4.74 Å². The van der Waals surface area contributed by atoms with Crippen LogP contribution in [-0.2, 0) is 23.9 Å². The van der Waals surface area contributed by atoms with Gasteiger partial charge in [0.2, 0.25) is 11.8 Å². The first kappa shape index (κ1) is 32.5. The minimum absolute atomic E-state index is 0.0510. The maximum Gasteiger partial charge on any atom is 0.253 e. The van der Waals surface area contributed by atoms with Crippen molar-refractivity contribution < 1.29 is 23.9 Å². The average molecular weight is 520 g/mol. The van der Waals surface area contributed by atoms with Crippen LogP contribution in [0.15, 0.2) is 24.3 Å². The summed E-state index contributed by atoms with van der Waals surface area (Å²) in [6, 6.07) is 0. The Morgan fingerprint density at radius 2 is 1.22 bits per heavy atom. The van der Waals surface area contributed by atoms with Crippen molar-refractivity contribution in [2.45, 2.75) is 103 Å². The number of nitrogens with zero attached hydrogens (tertiary/aromatic N) is 1. The molecule has 0 unspecified atom stereocenters. The highest BCUT2D eigenvalue weighted by Crippen LogP contribution is 2.10. The lowest BCUT2D eigenvalue weighted by Crippen LogP contribution is -2.35. The van der Waals surface area contributed by atoms with Gasteiger partial charge in [-0.05, 0) is 32.1 Å². The Morgan fingerprint density at radius 3 is 1.78 bits per heavy atom. The maximum absolute atomic E-state index is 11.9. The van der Waals surface area contributed by atoms with Crippen molar-refractivity contribution in [3.63, 3.8) is 0 Å². The SMILES string of the molecule is CCCCCCCC/C=C\CCCCCCCC(=O)NCCOCCNC(=O)CCN1C(=O)C=CC1=O. The fourth-order valence-electron chi connectivity index (χ4n) is 4.03. The van der Waals surface area contributed by atoms with Gasteiger partial charge in [0.15, 0.2) is 0 Å². The van der Waals surface area contributed by atoms with Crippen LogP contribution >= 0.6 is 0 Å². The first-order chi connectivity index (χ1) is 18.0. The van der Waals surface area contributed by atoms with Crippen molar-refractivity contribution in [3.8, 4) is 0 Å². The van der Waals surface area contributed by atoms with E-state index >= 15 is 0 Å². The monoisotopic (exact) mass is 519 g/mol. The third-order valence-corrected chi connectivity index (χ3v) is 6.27. The normalized spacial score (nSPS) is 13.2. The molecule has 0 aromatic carbocycles. The number of hydrogen-bond donors (Lipinski definition) is 2. The largest absolute Gasteiger partial charge is 0.378 e. The van der Waals surface area contributed by atoms with Gasteiger partial charge in [-0.2, -0.15) is 0 Å². The van der Waals surface area contributed by atoms with Gasteiger partial charge in [-0.15, -0.1) is 0 Å². The number of carbonyl (C=O) groups is 4. The molecule has 37 heavy (non-hydrogen) atoms. The molecule has 8 heteroatoms. The van der Waals surface area contributed by atoms with Gasteiger partial charge in [0.05, 0.1) is 13.2 Å². The molecule has 2 N–H and O–H groups in total. The van der Waals surface area contributed by atoms with Gasteiger partial charge in [0.1, 0.15) is 0 Å². The summed E-state index contributed by atoms with van der Waals surface area (Å²) in [4.78, 5) is 47.6. The lowest BCUT2D eigenvalue weighted by molar-refractivity contribution is -0.137. The smallest absolute Gasteiger partial charge is 0.253 e. The summed E-state index contributed by atoms with van der Waals surface area (Å²) in [5.74, 6) is -0.972. The van der Waals surface area contributed by atoms with Gasteiger partial charge in [-0.1, -0.05) is 70.4 Å². The fourth-order valence-corrected chi connectivity index (χ4v) is 4.03. The first-order valence-corrected chi connectivity index (χ1v) is 14.3. The Hall–Kier alpha value is -2.48. The highest BCUT2D eigenvalue weighted by Gasteiger charge is 2.23. The molecule has 1 aliphatic heterocycles. The van der Waals surface area contributed by atoms with Gasteiger partial charge in [-0.3, -0.25) is 24.1 Å². The molecule has 0 fully saturated rings. The molecule has 0 aromatic rings. The molecule has 0 aromatic heterocycles. The lowest BCUT2D eigenvalue weighted by atomic mass is 10.1. The molecule has 210 valence electrons. The van der Waals surface area contributed by atoms with E-state index in [-0.39, 0.29) is 36.6 Å². The number of allylic oxidation sites excluding steroid dienone is 2. The summed E-state index contributed by atoms with van der Waals surface area (Å²) in [5.41, 5.74) is 0. The summed E-state index contributed by atoms with van der Waals surface area (Å²) < 4.78 is 5.41. The van der Waals surface area contributed by atoms with Crippen molar-refractivity contribution in [3.05, 3.63) is 24.3 Å².